The van der Waals surface area contributed by atoms with Gasteiger partial charge in [-0.05, 0) is 31.0 Å². The van der Waals surface area contributed by atoms with Gasteiger partial charge in [0.25, 0.3) is 0 Å². The van der Waals surface area contributed by atoms with Crippen LogP contribution in [0.4, 0.5) is 13.2 Å². The van der Waals surface area contributed by atoms with E-state index >= 15 is 0 Å². The van der Waals surface area contributed by atoms with Crippen LogP contribution in [0.25, 0.3) is 0 Å². The zero-order chi connectivity index (χ0) is 19.5. The molecule has 0 heterocycles. The predicted molar refractivity (Wildman–Crippen MR) is 88.9 cm³/mol. The van der Waals surface area contributed by atoms with Crippen LogP contribution in [0.5, 0.6) is 0 Å². The molecule has 1 aliphatic carbocycles. The standard InChI is InChI=1S/C16H21F3N2O4S/c1-2-21(9-15(22)23)14-7-13(8-14)20-26(24,25)10-11-4-3-5-12(6-11)16(17,18)19/h3-6,13-14,20H,2,7-10H2,1H3,(H,22,23). The molecule has 1 aromatic rings. The maximum absolute atomic E-state index is 12.7. The summed E-state index contributed by atoms with van der Waals surface area (Å²) < 4.78 is 65.0. The fraction of sp³-hybridized carbons (Fsp3) is 0.562. The number of nitrogens with one attached hydrogen (secondary N) is 1. The molecule has 0 radical (unpaired) electrons. The summed E-state index contributed by atoms with van der Waals surface area (Å²) in [5, 5.41) is 8.85. The fourth-order valence-electron chi connectivity index (χ4n) is 3.01. The highest BCUT2D eigenvalue weighted by Crippen LogP contribution is 2.30. The molecule has 0 unspecified atom stereocenters. The number of benzene rings is 1. The van der Waals surface area contributed by atoms with Crippen LogP contribution in [-0.2, 0) is 26.7 Å². The molecule has 1 aromatic carbocycles. The molecule has 1 aliphatic rings. The molecule has 0 amide bonds. The summed E-state index contributed by atoms with van der Waals surface area (Å²) in [5.74, 6) is -1.48. The number of nitrogens with zero attached hydrogens (tertiary/aromatic N) is 1. The van der Waals surface area contributed by atoms with Crippen molar-refractivity contribution < 1.29 is 31.5 Å². The normalized spacial score (nSPS) is 20.8. The van der Waals surface area contributed by atoms with Gasteiger partial charge in [-0.25, -0.2) is 13.1 Å². The number of carboxylic acid groups (broad SMARTS) is 1. The van der Waals surface area contributed by atoms with Crippen LogP contribution in [0, 0.1) is 0 Å². The molecular weight excluding hydrogens is 373 g/mol. The molecule has 26 heavy (non-hydrogen) atoms. The Morgan fingerprint density at radius 2 is 2.00 bits per heavy atom. The van der Waals surface area contributed by atoms with Gasteiger partial charge in [0, 0.05) is 12.1 Å². The zero-order valence-corrected chi connectivity index (χ0v) is 15.0. The summed E-state index contributed by atoms with van der Waals surface area (Å²) in [7, 11) is -3.79. The number of rotatable bonds is 8. The van der Waals surface area contributed by atoms with Crippen LogP contribution in [-0.4, -0.2) is 49.6 Å². The van der Waals surface area contributed by atoms with Gasteiger partial charge in [-0.2, -0.15) is 13.2 Å². The molecule has 146 valence electrons. The number of likely N-dealkylation sites (N-methyl/N-ethyl adjacent to an activating group) is 1. The average Bonchev–Trinajstić information content (AvgIpc) is 2.47. The predicted octanol–water partition coefficient (Wildman–Crippen LogP) is 2.06. The van der Waals surface area contributed by atoms with Crippen LogP contribution in [0.1, 0.15) is 30.9 Å². The Morgan fingerprint density at radius 1 is 1.35 bits per heavy atom. The second-order valence-electron chi connectivity index (χ2n) is 6.35. The van der Waals surface area contributed by atoms with Crippen LogP contribution in [0.2, 0.25) is 0 Å². The van der Waals surface area contributed by atoms with Gasteiger partial charge in [0.2, 0.25) is 10.0 Å². The first-order valence-electron chi connectivity index (χ1n) is 8.12. The fourth-order valence-corrected chi connectivity index (χ4v) is 4.41. The van der Waals surface area contributed by atoms with Gasteiger partial charge in [0.15, 0.2) is 0 Å². The van der Waals surface area contributed by atoms with E-state index in [-0.39, 0.29) is 24.2 Å². The molecule has 0 atom stereocenters. The largest absolute Gasteiger partial charge is 0.480 e. The average molecular weight is 394 g/mol. The molecule has 10 heteroatoms. The maximum Gasteiger partial charge on any atom is 0.416 e. The lowest BCUT2D eigenvalue weighted by Crippen LogP contribution is -2.54. The van der Waals surface area contributed by atoms with E-state index in [1.54, 1.807) is 4.90 Å². The summed E-state index contributed by atoms with van der Waals surface area (Å²) in [6.07, 6.45) is -3.58. The number of aliphatic carboxylic acids is 1. The van der Waals surface area contributed by atoms with Gasteiger partial charge in [0.05, 0.1) is 17.9 Å². The molecule has 0 aromatic heterocycles. The van der Waals surface area contributed by atoms with E-state index in [2.05, 4.69) is 4.72 Å². The van der Waals surface area contributed by atoms with E-state index in [0.717, 1.165) is 12.1 Å². The van der Waals surface area contributed by atoms with Crippen molar-refractivity contribution in [2.24, 2.45) is 0 Å². The lowest BCUT2D eigenvalue weighted by molar-refractivity contribution is -0.139. The van der Waals surface area contributed by atoms with Crippen molar-refractivity contribution in [3.63, 3.8) is 0 Å². The molecular formula is C16H21F3N2O4S. The van der Waals surface area contributed by atoms with Crippen molar-refractivity contribution in [3.05, 3.63) is 35.4 Å². The van der Waals surface area contributed by atoms with E-state index in [1.807, 2.05) is 6.92 Å². The lowest BCUT2D eigenvalue weighted by atomic mass is 9.86. The second kappa shape index (κ2) is 7.93. The summed E-state index contributed by atoms with van der Waals surface area (Å²) >= 11 is 0. The Kier molecular flexibility index (Phi) is 6.30. The second-order valence-corrected chi connectivity index (χ2v) is 8.11. The van der Waals surface area contributed by atoms with Crippen molar-refractivity contribution in [2.45, 2.75) is 43.8 Å². The van der Waals surface area contributed by atoms with E-state index < -0.39 is 33.5 Å². The van der Waals surface area contributed by atoms with E-state index in [1.165, 1.54) is 12.1 Å². The Morgan fingerprint density at radius 3 is 2.54 bits per heavy atom. The number of alkyl halides is 3. The van der Waals surface area contributed by atoms with Gasteiger partial charge in [0.1, 0.15) is 0 Å². The monoisotopic (exact) mass is 394 g/mol. The third kappa shape index (κ3) is 5.68. The summed E-state index contributed by atoms with van der Waals surface area (Å²) in [5.41, 5.74) is -0.828. The minimum atomic E-state index is -4.53. The van der Waals surface area contributed by atoms with E-state index in [9.17, 15) is 26.4 Å². The van der Waals surface area contributed by atoms with Crippen LogP contribution in [0.15, 0.2) is 24.3 Å². The Bertz CT molecular complexity index is 746. The van der Waals surface area contributed by atoms with E-state index in [4.69, 9.17) is 5.11 Å². The highest BCUT2D eigenvalue weighted by molar-refractivity contribution is 7.88. The quantitative estimate of drug-likeness (QED) is 0.705. The van der Waals surface area contributed by atoms with E-state index in [0.29, 0.717) is 19.4 Å². The third-order valence-corrected chi connectivity index (χ3v) is 5.74. The minimum Gasteiger partial charge on any atom is -0.480 e. The molecule has 0 aliphatic heterocycles. The molecule has 0 bridgehead atoms. The number of carbonyl (C=O) groups is 1. The summed E-state index contributed by atoms with van der Waals surface area (Å²) in [6.45, 7) is 2.26. The highest BCUT2D eigenvalue weighted by atomic mass is 32.2. The molecule has 0 spiro atoms. The minimum absolute atomic E-state index is 0.0163. The molecule has 2 N–H and O–H groups in total. The first-order valence-corrected chi connectivity index (χ1v) is 9.77. The number of hydrogen-bond donors (Lipinski definition) is 2. The van der Waals surface area contributed by atoms with Crippen molar-refractivity contribution in [1.82, 2.24) is 9.62 Å². The first-order chi connectivity index (χ1) is 12.0. The zero-order valence-electron chi connectivity index (χ0n) is 14.2. The topological polar surface area (TPSA) is 86.7 Å². The Balaban J connectivity index is 1.92. The van der Waals surface area contributed by atoms with Crippen molar-refractivity contribution >= 4 is 16.0 Å². The van der Waals surface area contributed by atoms with Crippen LogP contribution >= 0.6 is 0 Å². The molecule has 6 nitrogen and oxygen atoms in total. The smallest absolute Gasteiger partial charge is 0.416 e. The number of hydrogen-bond acceptors (Lipinski definition) is 4. The lowest BCUT2D eigenvalue weighted by Gasteiger charge is -2.42. The third-order valence-electron chi connectivity index (χ3n) is 4.33. The highest BCUT2D eigenvalue weighted by Gasteiger charge is 2.36. The van der Waals surface area contributed by atoms with Crippen molar-refractivity contribution in [3.8, 4) is 0 Å². The molecule has 2 rings (SSSR count). The molecule has 1 fully saturated rings. The molecule has 1 saturated carbocycles. The van der Waals surface area contributed by atoms with Crippen molar-refractivity contribution in [2.75, 3.05) is 13.1 Å². The SMILES string of the molecule is CCN(CC(=O)O)C1CC(NS(=O)(=O)Cc2cccc(C(F)(F)F)c2)C1. The number of carboxylic acids is 1. The van der Waals surface area contributed by atoms with Gasteiger partial charge in [-0.1, -0.05) is 25.1 Å². The summed E-state index contributed by atoms with van der Waals surface area (Å²) in [4.78, 5) is 12.5. The summed E-state index contributed by atoms with van der Waals surface area (Å²) in [6, 6.07) is 3.88. The number of sulfonamides is 1. The van der Waals surface area contributed by atoms with Gasteiger partial charge < -0.3 is 5.11 Å². The molecule has 0 saturated heterocycles. The van der Waals surface area contributed by atoms with Gasteiger partial charge in [-0.3, -0.25) is 9.69 Å². The van der Waals surface area contributed by atoms with Gasteiger partial charge >= 0.3 is 12.1 Å². The number of halogens is 3. The first kappa shape index (κ1) is 20.7. The van der Waals surface area contributed by atoms with Crippen molar-refractivity contribution in [1.29, 1.82) is 0 Å². The van der Waals surface area contributed by atoms with Crippen LogP contribution < -0.4 is 4.72 Å². The maximum atomic E-state index is 12.7. The van der Waals surface area contributed by atoms with Gasteiger partial charge in [-0.15, -0.1) is 0 Å². The Hall–Kier alpha value is -1.65. The van der Waals surface area contributed by atoms with Crippen LogP contribution in [0.3, 0.4) is 0 Å². The Labute approximate surface area is 150 Å².